The van der Waals surface area contributed by atoms with Gasteiger partial charge in [-0.15, -0.1) is 0 Å². The predicted molar refractivity (Wildman–Crippen MR) is 80.5 cm³/mol. The zero-order chi connectivity index (χ0) is 12.7. The maximum atomic E-state index is 3.49. The quantitative estimate of drug-likeness (QED) is 0.613. The van der Waals surface area contributed by atoms with Crippen LogP contribution >= 0.6 is 15.9 Å². The van der Waals surface area contributed by atoms with Crippen LogP contribution in [0.2, 0.25) is 0 Å². The molecule has 17 heavy (non-hydrogen) atoms. The van der Waals surface area contributed by atoms with Crippen LogP contribution in [0.25, 0.3) is 0 Å². The van der Waals surface area contributed by atoms with Crippen molar-refractivity contribution < 1.29 is 0 Å². The van der Waals surface area contributed by atoms with Crippen molar-refractivity contribution >= 4 is 15.9 Å². The molecule has 0 amide bonds. The Morgan fingerprint density at radius 3 is 2.00 bits per heavy atom. The maximum Gasteiger partial charge on any atom is 0.0175 e. The first-order valence-electron chi connectivity index (χ1n) is 7.05. The molecule has 1 aliphatic carbocycles. The Kier molecular flexibility index (Phi) is 6.87. The van der Waals surface area contributed by atoms with Gasteiger partial charge >= 0.3 is 0 Å². The number of hydrogen-bond donors (Lipinski definition) is 0. The molecule has 1 aromatic rings. The van der Waals surface area contributed by atoms with E-state index in [1.54, 1.807) is 0 Å². The van der Waals surface area contributed by atoms with Crippen LogP contribution in [0.15, 0.2) is 28.7 Å². The monoisotopic (exact) mass is 296 g/mol. The third kappa shape index (κ3) is 4.46. The third-order valence-corrected chi connectivity index (χ3v) is 4.29. The summed E-state index contributed by atoms with van der Waals surface area (Å²) in [6.45, 7) is 6.32. The first-order valence-corrected chi connectivity index (χ1v) is 7.84. The molecule has 1 saturated carbocycles. The summed E-state index contributed by atoms with van der Waals surface area (Å²) in [6.07, 6.45) is 7.00. The smallest absolute Gasteiger partial charge is 0.0175 e. The first-order chi connectivity index (χ1) is 8.29. The standard InChI is InChI=1S/C14H19Br.C2H6/c1-2-11-3-5-12(6-4-11)13-7-9-14(15)10-8-13;1-2/h7-12H,2-6H2,1H3;1-2H3. The molecular formula is C16H25Br. The minimum Gasteiger partial charge on any atom is -0.0683 e. The highest BCUT2D eigenvalue weighted by Crippen LogP contribution is 2.37. The molecule has 0 nitrogen and oxygen atoms in total. The van der Waals surface area contributed by atoms with E-state index in [-0.39, 0.29) is 0 Å². The molecule has 1 heteroatoms. The van der Waals surface area contributed by atoms with Gasteiger partial charge in [-0.05, 0) is 55.2 Å². The summed E-state index contributed by atoms with van der Waals surface area (Å²) in [5.74, 6) is 1.82. The zero-order valence-corrected chi connectivity index (χ0v) is 13.0. The van der Waals surface area contributed by atoms with Crippen LogP contribution < -0.4 is 0 Å². The summed E-state index contributed by atoms with van der Waals surface area (Å²) in [4.78, 5) is 0. The summed E-state index contributed by atoms with van der Waals surface area (Å²) >= 11 is 3.49. The van der Waals surface area contributed by atoms with Gasteiger partial charge in [0.15, 0.2) is 0 Å². The van der Waals surface area contributed by atoms with E-state index in [9.17, 15) is 0 Å². The summed E-state index contributed by atoms with van der Waals surface area (Å²) in [6, 6.07) is 8.89. The van der Waals surface area contributed by atoms with Gasteiger partial charge in [0, 0.05) is 4.47 Å². The van der Waals surface area contributed by atoms with Gasteiger partial charge in [-0.3, -0.25) is 0 Å². The molecule has 0 saturated heterocycles. The van der Waals surface area contributed by atoms with Gasteiger partial charge < -0.3 is 0 Å². The van der Waals surface area contributed by atoms with Crippen LogP contribution in [0.5, 0.6) is 0 Å². The molecule has 1 aliphatic rings. The van der Waals surface area contributed by atoms with E-state index < -0.39 is 0 Å². The largest absolute Gasteiger partial charge is 0.0683 e. The molecule has 0 radical (unpaired) electrons. The van der Waals surface area contributed by atoms with Gasteiger partial charge in [0.25, 0.3) is 0 Å². The normalized spacial score (nSPS) is 23.8. The second-order valence-electron chi connectivity index (χ2n) is 4.68. The van der Waals surface area contributed by atoms with Crippen molar-refractivity contribution in [3.8, 4) is 0 Å². The van der Waals surface area contributed by atoms with Crippen molar-refractivity contribution in [2.24, 2.45) is 5.92 Å². The van der Waals surface area contributed by atoms with Gasteiger partial charge in [-0.1, -0.05) is 55.3 Å². The van der Waals surface area contributed by atoms with Crippen LogP contribution in [0.3, 0.4) is 0 Å². The van der Waals surface area contributed by atoms with Gasteiger partial charge in [0.2, 0.25) is 0 Å². The minimum atomic E-state index is 0.820. The SMILES string of the molecule is CC.CCC1CCC(c2ccc(Br)cc2)CC1. The molecule has 0 unspecified atom stereocenters. The number of rotatable bonds is 2. The predicted octanol–water partition coefficient (Wildman–Crippen LogP) is 6.16. The average Bonchev–Trinajstić information content (AvgIpc) is 2.42. The van der Waals surface area contributed by atoms with Crippen molar-refractivity contribution in [2.75, 3.05) is 0 Å². The Morgan fingerprint density at radius 1 is 1.00 bits per heavy atom. The van der Waals surface area contributed by atoms with E-state index in [0.717, 1.165) is 11.8 Å². The van der Waals surface area contributed by atoms with Crippen molar-refractivity contribution in [2.45, 2.75) is 58.8 Å². The molecule has 1 fully saturated rings. The summed E-state index contributed by atoms with van der Waals surface area (Å²) in [5, 5.41) is 0. The van der Waals surface area contributed by atoms with Crippen LogP contribution in [0, 0.1) is 5.92 Å². The number of hydrogen-bond acceptors (Lipinski definition) is 0. The van der Waals surface area contributed by atoms with Crippen LogP contribution in [-0.4, -0.2) is 0 Å². The fourth-order valence-electron chi connectivity index (χ4n) is 2.64. The van der Waals surface area contributed by atoms with Gasteiger partial charge in [-0.25, -0.2) is 0 Å². The van der Waals surface area contributed by atoms with E-state index in [0.29, 0.717) is 0 Å². The third-order valence-electron chi connectivity index (χ3n) is 3.77. The van der Waals surface area contributed by atoms with Crippen molar-refractivity contribution in [1.29, 1.82) is 0 Å². The molecule has 2 rings (SSSR count). The Bertz CT molecular complexity index is 294. The van der Waals surface area contributed by atoms with E-state index in [2.05, 4.69) is 47.1 Å². The number of halogens is 1. The molecule has 0 bridgehead atoms. The molecule has 0 aromatic heterocycles. The lowest BCUT2D eigenvalue weighted by atomic mass is 9.78. The van der Waals surface area contributed by atoms with Crippen molar-refractivity contribution in [3.63, 3.8) is 0 Å². The maximum absolute atomic E-state index is 3.49. The van der Waals surface area contributed by atoms with E-state index in [4.69, 9.17) is 0 Å². The lowest BCUT2D eigenvalue weighted by molar-refractivity contribution is 0.319. The molecule has 96 valence electrons. The fraction of sp³-hybridized carbons (Fsp3) is 0.625. The van der Waals surface area contributed by atoms with Crippen molar-refractivity contribution in [1.82, 2.24) is 0 Å². The Balaban J connectivity index is 0.000000686. The molecule has 0 N–H and O–H groups in total. The van der Waals surface area contributed by atoms with Crippen molar-refractivity contribution in [3.05, 3.63) is 34.3 Å². The Morgan fingerprint density at radius 2 is 1.53 bits per heavy atom. The Labute approximate surface area is 115 Å². The zero-order valence-electron chi connectivity index (χ0n) is 11.4. The highest BCUT2D eigenvalue weighted by atomic mass is 79.9. The molecule has 1 aromatic carbocycles. The van der Waals surface area contributed by atoms with E-state index >= 15 is 0 Å². The summed E-state index contributed by atoms with van der Waals surface area (Å²) in [5.41, 5.74) is 1.53. The second kappa shape index (κ2) is 7.92. The molecule has 0 atom stereocenters. The highest BCUT2D eigenvalue weighted by Gasteiger charge is 2.20. The molecule has 0 heterocycles. The van der Waals surface area contributed by atoms with Crippen LogP contribution in [-0.2, 0) is 0 Å². The lowest BCUT2D eigenvalue weighted by Gasteiger charge is -2.28. The topological polar surface area (TPSA) is 0 Å². The van der Waals surface area contributed by atoms with Gasteiger partial charge in [0.05, 0.1) is 0 Å². The molecule has 0 spiro atoms. The first kappa shape index (κ1) is 14.8. The van der Waals surface area contributed by atoms with E-state index in [1.165, 1.54) is 42.1 Å². The average molecular weight is 297 g/mol. The second-order valence-corrected chi connectivity index (χ2v) is 5.59. The van der Waals surface area contributed by atoms with Gasteiger partial charge in [0.1, 0.15) is 0 Å². The van der Waals surface area contributed by atoms with Crippen LogP contribution in [0.1, 0.15) is 64.4 Å². The van der Waals surface area contributed by atoms with Crippen LogP contribution in [0.4, 0.5) is 0 Å². The number of benzene rings is 1. The lowest BCUT2D eigenvalue weighted by Crippen LogP contribution is -2.12. The highest BCUT2D eigenvalue weighted by molar-refractivity contribution is 9.10. The summed E-state index contributed by atoms with van der Waals surface area (Å²) < 4.78 is 1.19. The van der Waals surface area contributed by atoms with E-state index in [1.807, 2.05) is 13.8 Å². The minimum absolute atomic E-state index is 0.820. The molecular weight excluding hydrogens is 272 g/mol. The Hall–Kier alpha value is -0.300. The fourth-order valence-corrected chi connectivity index (χ4v) is 2.90. The van der Waals surface area contributed by atoms with Gasteiger partial charge in [-0.2, -0.15) is 0 Å². The summed E-state index contributed by atoms with van der Waals surface area (Å²) in [7, 11) is 0. The molecule has 0 aliphatic heterocycles.